The molecule has 8 heteroatoms. The molecule has 0 aliphatic rings. The molecule has 0 radical (unpaired) electrons. The van der Waals surface area contributed by atoms with Crippen LogP contribution < -0.4 is 5.32 Å². The van der Waals surface area contributed by atoms with E-state index in [4.69, 9.17) is 16.7 Å². The van der Waals surface area contributed by atoms with Gasteiger partial charge in [0.2, 0.25) is 0 Å². The molecule has 1 rings (SSSR count). The van der Waals surface area contributed by atoms with Gasteiger partial charge in [0, 0.05) is 12.5 Å². The molecule has 0 aliphatic heterocycles. The summed E-state index contributed by atoms with van der Waals surface area (Å²) in [5.41, 5.74) is -0.291. The number of nitrogens with zero attached hydrogens (tertiary/aromatic N) is 1. The number of hydrogen-bond donors (Lipinski definition) is 2. The van der Waals surface area contributed by atoms with Gasteiger partial charge in [0.1, 0.15) is 11.5 Å². The first-order valence-corrected chi connectivity index (χ1v) is 6.30. The van der Waals surface area contributed by atoms with Crippen LogP contribution in [-0.2, 0) is 4.79 Å². The van der Waals surface area contributed by atoms with E-state index >= 15 is 0 Å². The van der Waals surface area contributed by atoms with Crippen LogP contribution >= 0.6 is 11.6 Å². The molecule has 0 heterocycles. The van der Waals surface area contributed by atoms with Crippen LogP contribution in [0.4, 0.5) is 15.8 Å². The van der Waals surface area contributed by atoms with E-state index in [0.717, 1.165) is 12.1 Å². The van der Waals surface area contributed by atoms with Crippen LogP contribution in [0.2, 0.25) is 5.02 Å². The normalized spacial score (nSPS) is 11.9. The standard InChI is InChI=1S/C12H14ClFN2O4/c1-7(3-2-4-12(17)18)15-10-5-8(13)9(14)6-11(10)16(19)20/h5-7,15H,2-4H2,1H3,(H,17,18). The molecule has 0 saturated heterocycles. The molecule has 1 aromatic carbocycles. The fourth-order valence-corrected chi connectivity index (χ4v) is 1.86. The molecular weight excluding hydrogens is 291 g/mol. The molecule has 0 spiro atoms. The summed E-state index contributed by atoms with van der Waals surface area (Å²) in [7, 11) is 0. The van der Waals surface area contributed by atoms with Crippen molar-refractivity contribution in [3.63, 3.8) is 0 Å². The SMILES string of the molecule is CC(CCCC(=O)O)Nc1cc(Cl)c(F)cc1[N+](=O)[O-]. The van der Waals surface area contributed by atoms with Crippen LogP contribution in [-0.4, -0.2) is 22.0 Å². The van der Waals surface area contributed by atoms with E-state index in [9.17, 15) is 19.3 Å². The van der Waals surface area contributed by atoms with Gasteiger partial charge in [-0.1, -0.05) is 11.6 Å². The maximum atomic E-state index is 13.2. The molecule has 1 unspecified atom stereocenters. The second-order valence-electron chi connectivity index (χ2n) is 4.37. The lowest BCUT2D eigenvalue weighted by Crippen LogP contribution is -2.16. The first-order chi connectivity index (χ1) is 9.31. The van der Waals surface area contributed by atoms with E-state index in [-0.39, 0.29) is 23.2 Å². The number of hydrogen-bond acceptors (Lipinski definition) is 4. The van der Waals surface area contributed by atoms with E-state index < -0.39 is 22.4 Å². The minimum absolute atomic E-state index is 0.0261. The summed E-state index contributed by atoms with van der Waals surface area (Å²) in [6, 6.07) is 1.71. The Balaban J connectivity index is 2.78. The topological polar surface area (TPSA) is 92.5 Å². The monoisotopic (exact) mass is 304 g/mol. The lowest BCUT2D eigenvalue weighted by atomic mass is 10.1. The number of carbonyl (C=O) groups is 1. The number of aliphatic carboxylic acids is 1. The third-order valence-corrected chi connectivity index (χ3v) is 2.95. The van der Waals surface area contributed by atoms with Crippen LogP contribution in [0.25, 0.3) is 0 Å². The number of carboxylic acid groups (broad SMARTS) is 1. The first-order valence-electron chi connectivity index (χ1n) is 5.93. The number of carboxylic acids is 1. The Morgan fingerprint density at radius 3 is 2.80 bits per heavy atom. The maximum absolute atomic E-state index is 13.2. The number of rotatable bonds is 7. The zero-order valence-electron chi connectivity index (χ0n) is 10.7. The molecule has 1 atom stereocenters. The summed E-state index contributed by atoms with van der Waals surface area (Å²) in [6.07, 6.45) is 0.975. The maximum Gasteiger partial charge on any atom is 0.303 e. The van der Waals surface area contributed by atoms with Gasteiger partial charge in [0.25, 0.3) is 5.69 Å². The molecule has 0 amide bonds. The summed E-state index contributed by atoms with van der Waals surface area (Å²) >= 11 is 5.60. The third-order valence-electron chi connectivity index (χ3n) is 2.66. The van der Waals surface area contributed by atoms with Crippen LogP contribution in [0.15, 0.2) is 12.1 Å². The fraction of sp³-hybridized carbons (Fsp3) is 0.417. The number of halogens is 2. The van der Waals surface area contributed by atoms with Crippen molar-refractivity contribution in [2.75, 3.05) is 5.32 Å². The average molecular weight is 305 g/mol. The highest BCUT2D eigenvalue weighted by atomic mass is 35.5. The van der Waals surface area contributed by atoms with Crippen molar-refractivity contribution in [3.05, 3.63) is 33.1 Å². The van der Waals surface area contributed by atoms with Gasteiger partial charge >= 0.3 is 5.97 Å². The quantitative estimate of drug-likeness (QED) is 0.594. The average Bonchev–Trinajstić information content (AvgIpc) is 2.32. The molecule has 110 valence electrons. The van der Waals surface area contributed by atoms with E-state index in [0.29, 0.717) is 12.8 Å². The van der Waals surface area contributed by atoms with Crippen LogP contribution in [0, 0.1) is 15.9 Å². The van der Waals surface area contributed by atoms with Gasteiger partial charge in [0.05, 0.1) is 16.0 Å². The largest absolute Gasteiger partial charge is 0.481 e. The highest BCUT2D eigenvalue weighted by Gasteiger charge is 2.19. The van der Waals surface area contributed by atoms with E-state index in [1.165, 1.54) is 0 Å². The molecule has 0 fully saturated rings. The lowest BCUT2D eigenvalue weighted by Gasteiger charge is -2.15. The number of nitro groups is 1. The van der Waals surface area contributed by atoms with Crippen molar-refractivity contribution in [2.24, 2.45) is 0 Å². The Morgan fingerprint density at radius 1 is 1.60 bits per heavy atom. The van der Waals surface area contributed by atoms with Gasteiger partial charge in [-0.3, -0.25) is 14.9 Å². The zero-order chi connectivity index (χ0) is 15.3. The van der Waals surface area contributed by atoms with Gasteiger partial charge in [0.15, 0.2) is 0 Å². The highest BCUT2D eigenvalue weighted by Crippen LogP contribution is 2.31. The molecule has 0 bridgehead atoms. The Bertz CT molecular complexity index is 524. The number of benzene rings is 1. The van der Waals surface area contributed by atoms with Crippen molar-refractivity contribution in [2.45, 2.75) is 32.2 Å². The minimum atomic E-state index is -0.895. The Labute approximate surface area is 119 Å². The Hall–Kier alpha value is -1.89. The third kappa shape index (κ3) is 4.65. The summed E-state index contributed by atoms with van der Waals surface area (Å²) in [5.74, 6) is -1.75. The van der Waals surface area contributed by atoms with E-state index in [1.807, 2.05) is 0 Å². The molecule has 6 nitrogen and oxygen atoms in total. The minimum Gasteiger partial charge on any atom is -0.481 e. The fourth-order valence-electron chi connectivity index (χ4n) is 1.70. The number of nitrogens with one attached hydrogen (secondary N) is 1. The van der Waals surface area contributed by atoms with Crippen LogP contribution in [0.5, 0.6) is 0 Å². The summed E-state index contributed by atoms with van der Waals surface area (Å²) in [5, 5.41) is 22.0. The molecule has 0 aromatic heterocycles. The molecule has 0 saturated carbocycles. The molecule has 1 aromatic rings. The molecule has 2 N–H and O–H groups in total. The van der Waals surface area contributed by atoms with E-state index in [2.05, 4.69) is 5.32 Å². The van der Waals surface area contributed by atoms with Crippen LogP contribution in [0.3, 0.4) is 0 Å². The van der Waals surface area contributed by atoms with Crippen molar-refractivity contribution in [3.8, 4) is 0 Å². The second-order valence-corrected chi connectivity index (χ2v) is 4.78. The molecular formula is C12H14ClFN2O4. The van der Waals surface area contributed by atoms with Crippen molar-refractivity contribution in [1.82, 2.24) is 0 Å². The molecule has 0 aliphatic carbocycles. The van der Waals surface area contributed by atoms with E-state index in [1.54, 1.807) is 6.92 Å². The summed E-state index contributed by atoms with van der Waals surface area (Å²) in [6.45, 7) is 1.75. The number of nitro benzene ring substituents is 1. The second kappa shape index (κ2) is 7.04. The first kappa shape index (κ1) is 16.2. The smallest absolute Gasteiger partial charge is 0.303 e. The Kier molecular flexibility index (Phi) is 5.69. The Morgan fingerprint density at radius 2 is 2.25 bits per heavy atom. The van der Waals surface area contributed by atoms with Gasteiger partial charge in [-0.15, -0.1) is 0 Å². The number of anilines is 1. The van der Waals surface area contributed by atoms with Crippen LogP contribution in [0.1, 0.15) is 26.2 Å². The van der Waals surface area contributed by atoms with Crippen molar-refractivity contribution < 1.29 is 19.2 Å². The van der Waals surface area contributed by atoms with Crippen molar-refractivity contribution in [1.29, 1.82) is 0 Å². The summed E-state index contributed by atoms with van der Waals surface area (Å²) < 4.78 is 13.2. The predicted octanol–water partition coefficient (Wildman–Crippen LogP) is 3.44. The zero-order valence-corrected chi connectivity index (χ0v) is 11.5. The summed E-state index contributed by atoms with van der Waals surface area (Å²) in [4.78, 5) is 20.5. The van der Waals surface area contributed by atoms with Gasteiger partial charge in [-0.05, 0) is 25.8 Å². The lowest BCUT2D eigenvalue weighted by molar-refractivity contribution is -0.384. The molecule has 20 heavy (non-hydrogen) atoms. The van der Waals surface area contributed by atoms with Gasteiger partial charge in [-0.2, -0.15) is 0 Å². The predicted molar refractivity (Wildman–Crippen MR) is 72.6 cm³/mol. The van der Waals surface area contributed by atoms with Crippen molar-refractivity contribution >= 4 is 28.9 Å². The highest BCUT2D eigenvalue weighted by molar-refractivity contribution is 6.31. The van der Waals surface area contributed by atoms with Gasteiger partial charge < -0.3 is 10.4 Å². The van der Waals surface area contributed by atoms with Gasteiger partial charge in [-0.25, -0.2) is 4.39 Å².